The molecule has 0 aliphatic carbocycles. The summed E-state index contributed by atoms with van der Waals surface area (Å²) in [6.07, 6.45) is 5.10. The van der Waals surface area contributed by atoms with E-state index >= 15 is 0 Å². The number of amides is 1. The zero-order valence-corrected chi connectivity index (χ0v) is 18.7. The first-order valence-electron chi connectivity index (χ1n) is 10.9. The van der Waals surface area contributed by atoms with Gasteiger partial charge in [-0.3, -0.25) is 4.79 Å². The van der Waals surface area contributed by atoms with Crippen molar-refractivity contribution in [2.45, 2.75) is 69.9 Å². The minimum atomic E-state index is -3.57. The molecular weight excluding hydrogens is 386 g/mol. The van der Waals surface area contributed by atoms with Crippen molar-refractivity contribution >= 4 is 15.9 Å². The molecule has 0 bridgehead atoms. The third-order valence-electron chi connectivity index (χ3n) is 6.28. The average Bonchev–Trinajstić information content (AvgIpc) is 2.72. The van der Waals surface area contributed by atoms with Crippen molar-refractivity contribution in [1.82, 2.24) is 14.5 Å². The van der Waals surface area contributed by atoms with Gasteiger partial charge in [0, 0.05) is 37.3 Å². The first kappa shape index (κ1) is 22.2. The maximum Gasteiger partial charge on any atom is 0.251 e. The number of rotatable bonds is 6. The molecule has 1 N–H and O–H groups in total. The van der Waals surface area contributed by atoms with E-state index in [1.807, 2.05) is 6.92 Å². The molecule has 2 aliphatic rings. The van der Waals surface area contributed by atoms with Crippen LogP contribution in [0.2, 0.25) is 0 Å². The van der Waals surface area contributed by atoms with Gasteiger partial charge in [0.25, 0.3) is 5.91 Å². The van der Waals surface area contributed by atoms with Gasteiger partial charge in [0.15, 0.2) is 0 Å². The lowest BCUT2D eigenvalue weighted by atomic mass is 9.97. The Hall–Kier alpha value is -1.44. The number of likely N-dealkylation sites (tertiary alicyclic amines) is 1. The van der Waals surface area contributed by atoms with Crippen LogP contribution in [0, 0.1) is 5.92 Å². The summed E-state index contributed by atoms with van der Waals surface area (Å²) in [4.78, 5) is 15.4. The summed E-state index contributed by atoms with van der Waals surface area (Å²) >= 11 is 0. The van der Waals surface area contributed by atoms with Crippen molar-refractivity contribution in [2.75, 3.05) is 26.2 Å². The minimum Gasteiger partial charge on any atom is -0.352 e. The fourth-order valence-corrected chi connectivity index (χ4v) is 6.18. The monoisotopic (exact) mass is 421 g/mol. The lowest BCUT2D eigenvalue weighted by Crippen LogP contribution is -2.43. The molecule has 2 heterocycles. The summed E-state index contributed by atoms with van der Waals surface area (Å²) in [5.41, 5.74) is 0.410. The summed E-state index contributed by atoms with van der Waals surface area (Å²) in [5.74, 6) is 0.242. The van der Waals surface area contributed by atoms with Gasteiger partial charge in [0.2, 0.25) is 10.0 Å². The number of nitrogens with one attached hydrogen (secondary N) is 1. The van der Waals surface area contributed by atoms with Gasteiger partial charge < -0.3 is 10.2 Å². The first-order valence-corrected chi connectivity index (χ1v) is 12.4. The van der Waals surface area contributed by atoms with E-state index < -0.39 is 10.0 Å². The Morgan fingerprint density at radius 3 is 2.69 bits per heavy atom. The maximum absolute atomic E-state index is 13.1. The molecule has 2 atom stereocenters. The van der Waals surface area contributed by atoms with E-state index in [0.29, 0.717) is 30.6 Å². The topological polar surface area (TPSA) is 69.7 Å². The number of hydrogen-bond donors (Lipinski definition) is 1. The van der Waals surface area contributed by atoms with Gasteiger partial charge >= 0.3 is 0 Å². The summed E-state index contributed by atoms with van der Waals surface area (Å²) in [6, 6.07) is 6.99. The normalized spacial score (nSPS) is 24.6. The van der Waals surface area contributed by atoms with Crippen LogP contribution in [0.25, 0.3) is 0 Å². The molecule has 2 unspecified atom stereocenters. The SMILES string of the molecule is CC(C)N1CCCC(CNC(=O)c2cccc(S(=O)(=O)N3CCCCC3C)c2)C1. The van der Waals surface area contributed by atoms with E-state index in [9.17, 15) is 13.2 Å². The van der Waals surface area contributed by atoms with E-state index in [4.69, 9.17) is 0 Å². The molecule has 1 amide bonds. The van der Waals surface area contributed by atoms with E-state index in [1.165, 1.54) is 6.07 Å². The van der Waals surface area contributed by atoms with Gasteiger partial charge in [-0.05, 0) is 77.1 Å². The quantitative estimate of drug-likeness (QED) is 0.766. The Labute approximate surface area is 175 Å². The zero-order chi connectivity index (χ0) is 21.0. The van der Waals surface area contributed by atoms with Crippen LogP contribution < -0.4 is 5.32 Å². The summed E-state index contributed by atoms with van der Waals surface area (Å²) in [6.45, 7) is 9.66. The molecule has 162 valence electrons. The molecule has 2 aliphatic heterocycles. The van der Waals surface area contributed by atoms with Crippen molar-refractivity contribution in [3.63, 3.8) is 0 Å². The van der Waals surface area contributed by atoms with Crippen molar-refractivity contribution in [1.29, 1.82) is 0 Å². The van der Waals surface area contributed by atoms with Crippen molar-refractivity contribution in [2.24, 2.45) is 5.92 Å². The Bertz CT molecular complexity index is 809. The summed E-state index contributed by atoms with van der Waals surface area (Å²) in [7, 11) is -3.57. The lowest BCUT2D eigenvalue weighted by molar-refractivity contribution is 0.0922. The van der Waals surface area contributed by atoms with E-state index in [1.54, 1.807) is 22.5 Å². The van der Waals surface area contributed by atoms with Crippen LogP contribution in [0.3, 0.4) is 0 Å². The lowest BCUT2D eigenvalue weighted by Gasteiger charge is -2.35. The largest absolute Gasteiger partial charge is 0.352 e. The van der Waals surface area contributed by atoms with Gasteiger partial charge in [0.05, 0.1) is 4.90 Å². The molecule has 0 radical (unpaired) electrons. The van der Waals surface area contributed by atoms with E-state index in [2.05, 4.69) is 24.1 Å². The molecule has 0 spiro atoms. The van der Waals surface area contributed by atoms with Crippen molar-refractivity contribution in [3.8, 4) is 0 Å². The molecule has 1 aromatic carbocycles. The minimum absolute atomic E-state index is 0.00133. The third kappa shape index (κ3) is 5.38. The highest BCUT2D eigenvalue weighted by atomic mass is 32.2. The Morgan fingerprint density at radius 2 is 1.97 bits per heavy atom. The van der Waals surface area contributed by atoms with Gasteiger partial charge in [-0.2, -0.15) is 4.31 Å². The Morgan fingerprint density at radius 1 is 1.17 bits per heavy atom. The van der Waals surface area contributed by atoms with E-state index in [-0.39, 0.29) is 16.8 Å². The first-order chi connectivity index (χ1) is 13.8. The van der Waals surface area contributed by atoms with Crippen LogP contribution in [0.15, 0.2) is 29.2 Å². The van der Waals surface area contributed by atoms with Gasteiger partial charge in [-0.15, -0.1) is 0 Å². The zero-order valence-electron chi connectivity index (χ0n) is 17.9. The van der Waals surface area contributed by atoms with Crippen LogP contribution in [-0.2, 0) is 10.0 Å². The van der Waals surface area contributed by atoms with Crippen molar-refractivity contribution < 1.29 is 13.2 Å². The molecule has 6 nitrogen and oxygen atoms in total. The molecular formula is C22H35N3O3S. The second-order valence-electron chi connectivity index (χ2n) is 8.80. The Kier molecular flexibility index (Phi) is 7.35. The highest BCUT2D eigenvalue weighted by Gasteiger charge is 2.31. The summed E-state index contributed by atoms with van der Waals surface area (Å²) < 4.78 is 27.7. The second kappa shape index (κ2) is 9.58. The molecule has 7 heteroatoms. The van der Waals surface area contributed by atoms with Crippen LogP contribution in [-0.4, -0.2) is 61.8 Å². The molecule has 1 aromatic rings. The Balaban J connectivity index is 1.65. The number of carbonyl (C=O) groups excluding carboxylic acids is 1. The van der Waals surface area contributed by atoms with Gasteiger partial charge in [-0.25, -0.2) is 8.42 Å². The fraction of sp³-hybridized carbons (Fsp3) is 0.682. The standard InChI is InChI=1S/C22H35N3O3S/c1-17(2)24-12-7-9-19(16-24)15-23-22(26)20-10-6-11-21(14-20)29(27,28)25-13-5-4-8-18(25)3/h6,10-11,14,17-19H,4-5,7-9,12-13,15-16H2,1-3H3,(H,23,26). The number of carbonyl (C=O) groups is 1. The van der Waals surface area contributed by atoms with Gasteiger partial charge in [0.1, 0.15) is 0 Å². The number of benzene rings is 1. The molecule has 29 heavy (non-hydrogen) atoms. The van der Waals surface area contributed by atoms with Crippen LogP contribution in [0.1, 0.15) is 63.2 Å². The number of piperidine rings is 2. The van der Waals surface area contributed by atoms with Crippen LogP contribution >= 0.6 is 0 Å². The highest BCUT2D eigenvalue weighted by molar-refractivity contribution is 7.89. The number of sulfonamides is 1. The molecule has 2 fully saturated rings. The summed E-state index contributed by atoms with van der Waals surface area (Å²) in [5, 5.41) is 3.02. The molecule has 3 rings (SSSR count). The second-order valence-corrected chi connectivity index (χ2v) is 10.7. The predicted octanol–water partition coefficient (Wildman–Crippen LogP) is 3.10. The smallest absolute Gasteiger partial charge is 0.251 e. The number of nitrogens with zero attached hydrogens (tertiary/aromatic N) is 2. The maximum atomic E-state index is 13.1. The average molecular weight is 422 g/mol. The van der Waals surface area contributed by atoms with Crippen LogP contribution in [0.4, 0.5) is 0 Å². The number of hydrogen-bond acceptors (Lipinski definition) is 4. The molecule has 0 aromatic heterocycles. The third-order valence-corrected chi connectivity index (χ3v) is 8.29. The van der Waals surface area contributed by atoms with Crippen LogP contribution in [0.5, 0.6) is 0 Å². The molecule has 2 saturated heterocycles. The molecule has 0 saturated carbocycles. The predicted molar refractivity (Wildman–Crippen MR) is 115 cm³/mol. The van der Waals surface area contributed by atoms with Crippen molar-refractivity contribution in [3.05, 3.63) is 29.8 Å². The highest BCUT2D eigenvalue weighted by Crippen LogP contribution is 2.25. The fourth-order valence-electron chi connectivity index (χ4n) is 4.43. The van der Waals surface area contributed by atoms with E-state index in [0.717, 1.165) is 45.2 Å². The van der Waals surface area contributed by atoms with Gasteiger partial charge in [-0.1, -0.05) is 12.5 Å².